The molecule has 0 radical (unpaired) electrons. The third-order valence-corrected chi connectivity index (χ3v) is 5.78. The van der Waals surface area contributed by atoms with Gasteiger partial charge in [-0.3, -0.25) is 14.8 Å². The van der Waals surface area contributed by atoms with Crippen LogP contribution in [0.5, 0.6) is 5.75 Å². The number of para-hydroxylation sites is 1. The van der Waals surface area contributed by atoms with Gasteiger partial charge in [0.2, 0.25) is 0 Å². The van der Waals surface area contributed by atoms with E-state index in [0.29, 0.717) is 6.54 Å². The second kappa shape index (κ2) is 7.31. The van der Waals surface area contributed by atoms with Crippen molar-refractivity contribution in [3.05, 3.63) is 87.4 Å². The Morgan fingerprint density at radius 2 is 2.20 bits per heavy atom. The van der Waals surface area contributed by atoms with Gasteiger partial charge in [0.05, 0.1) is 30.8 Å². The van der Waals surface area contributed by atoms with Crippen molar-refractivity contribution in [3.8, 4) is 5.75 Å². The van der Waals surface area contributed by atoms with E-state index in [2.05, 4.69) is 51.8 Å². The lowest BCUT2D eigenvalue weighted by atomic mass is 9.93. The molecule has 8 heteroatoms. The van der Waals surface area contributed by atoms with E-state index in [4.69, 9.17) is 4.74 Å². The number of aromatic nitrogens is 3. The summed E-state index contributed by atoms with van der Waals surface area (Å²) in [5, 5.41) is 18.7. The Labute approximate surface area is 172 Å². The second-order valence-electron chi connectivity index (χ2n) is 7.54. The van der Waals surface area contributed by atoms with E-state index in [1.165, 1.54) is 40.1 Å². The largest absolute Gasteiger partial charge is 0.496 e. The van der Waals surface area contributed by atoms with Gasteiger partial charge in [-0.05, 0) is 29.8 Å². The first-order valence-electron chi connectivity index (χ1n) is 9.90. The molecule has 0 spiro atoms. The number of benzene rings is 2. The quantitative estimate of drug-likeness (QED) is 0.394. The molecule has 4 aromatic rings. The SMILES string of the molecule is COc1ccc([C@H]2[NH2+]CCc3c2[nH]c2ccccc32)cc1Cn1cc([N+](=O)[O-])cn1. The molecule has 3 N–H and O–H groups in total. The Kier molecular flexibility index (Phi) is 4.48. The van der Waals surface area contributed by atoms with E-state index >= 15 is 0 Å². The third-order valence-electron chi connectivity index (χ3n) is 5.78. The van der Waals surface area contributed by atoms with Crippen LogP contribution in [-0.2, 0) is 13.0 Å². The van der Waals surface area contributed by atoms with Crippen LogP contribution in [0.3, 0.4) is 0 Å². The molecule has 152 valence electrons. The molecule has 1 atom stereocenters. The van der Waals surface area contributed by atoms with Crippen LogP contribution in [0.25, 0.3) is 10.9 Å². The molecule has 0 amide bonds. The fraction of sp³-hybridized carbons (Fsp3) is 0.227. The molecular formula is C22H22N5O3+. The van der Waals surface area contributed by atoms with E-state index < -0.39 is 4.92 Å². The van der Waals surface area contributed by atoms with Crippen LogP contribution in [0, 0.1) is 10.1 Å². The summed E-state index contributed by atoms with van der Waals surface area (Å²) in [7, 11) is 1.63. The van der Waals surface area contributed by atoms with Gasteiger partial charge in [-0.1, -0.05) is 18.2 Å². The molecule has 30 heavy (non-hydrogen) atoms. The molecule has 3 heterocycles. The van der Waals surface area contributed by atoms with Crippen LogP contribution in [-0.4, -0.2) is 33.3 Å². The van der Waals surface area contributed by atoms with Gasteiger partial charge in [0.15, 0.2) is 6.04 Å². The van der Waals surface area contributed by atoms with E-state index in [1.54, 1.807) is 11.8 Å². The molecule has 2 aromatic heterocycles. The van der Waals surface area contributed by atoms with Crippen molar-refractivity contribution in [1.29, 1.82) is 0 Å². The third kappa shape index (κ3) is 3.11. The predicted octanol–water partition coefficient (Wildman–Crippen LogP) is 2.54. The highest BCUT2D eigenvalue weighted by molar-refractivity contribution is 5.85. The van der Waals surface area contributed by atoms with E-state index in [0.717, 1.165) is 24.3 Å². The normalized spacial score (nSPS) is 15.8. The number of fused-ring (bicyclic) bond motifs is 3. The number of rotatable bonds is 5. The Balaban J connectivity index is 1.53. The summed E-state index contributed by atoms with van der Waals surface area (Å²) in [4.78, 5) is 14.1. The number of nitrogens with zero attached hydrogens (tertiary/aromatic N) is 3. The molecule has 0 aliphatic carbocycles. The predicted molar refractivity (Wildman–Crippen MR) is 112 cm³/mol. The monoisotopic (exact) mass is 404 g/mol. The zero-order chi connectivity index (χ0) is 20.7. The van der Waals surface area contributed by atoms with Crippen molar-refractivity contribution in [2.45, 2.75) is 19.0 Å². The summed E-state index contributed by atoms with van der Waals surface area (Å²) in [6.45, 7) is 1.42. The van der Waals surface area contributed by atoms with E-state index in [1.807, 2.05) is 6.07 Å². The topological polar surface area (TPSA) is 103 Å². The average Bonchev–Trinajstić information content (AvgIpc) is 3.38. The number of quaternary nitrogens is 1. The first-order chi connectivity index (χ1) is 14.6. The van der Waals surface area contributed by atoms with Crippen molar-refractivity contribution in [1.82, 2.24) is 14.8 Å². The molecule has 5 rings (SSSR count). The zero-order valence-corrected chi connectivity index (χ0v) is 16.5. The lowest BCUT2D eigenvalue weighted by Gasteiger charge is -2.22. The van der Waals surface area contributed by atoms with Crippen molar-refractivity contribution in [2.24, 2.45) is 0 Å². The Hall–Kier alpha value is -3.65. The maximum absolute atomic E-state index is 11.0. The molecule has 8 nitrogen and oxygen atoms in total. The number of hydrogen-bond donors (Lipinski definition) is 2. The molecular weight excluding hydrogens is 382 g/mol. The molecule has 0 unspecified atom stereocenters. The average molecular weight is 404 g/mol. The van der Waals surface area contributed by atoms with E-state index in [-0.39, 0.29) is 11.7 Å². The zero-order valence-electron chi connectivity index (χ0n) is 16.5. The molecule has 1 aliphatic heterocycles. The smallest absolute Gasteiger partial charge is 0.307 e. The van der Waals surface area contributed by atoms with Gasteiger partial charge in [0, 0.05) is 28.5 Å². The first-order valence-corrected chi connectivity index (χ1v) is 9.90. The molecule has 0 saturated heterocycles. The Morgan fingerprint density at radius 3 is 3.00 bits per heavy atom. The van der Waals surface area contributed by atoms with Crippen molar-refractivity contribution >= 4 is 16.6 Å². The number of nitro groups is 1. The van der Waals surface area contributed by atoms with Gasteiger partial charge in [-0.2, -0.15) is 5.10 Å². The number of methoxy groups -OCH3 is 1. The maximum atomic E-state index is 11.0. The fourth-order valence-corrected chi connectivity index (χ4v) is 4.39. The number of aromatic amines is 1. The number of ether oxygens (including phenoxy) is 1. The standard InChI is InChI=1S/C22H21N5O3/c1-30-20-7-6-14(10-15(20)12-26-13-16(11-24-26)27(28)29)21-22-18(8-9-23-21)17-4-2-3-5-19(17)25-22/h2-7,10-11,13,21,23,25H,8-9,12H2,1H3/p+1/t21-/m1/s1. The van der Waals surface area contributed by atoms with Gasteiger partial charge in [0.25, 0.3) is 0 Å². The number of nitrogens with two attached hydrogens (primary N) is 1. The minimum atomic E-state index is -0.439. The van der Waals surface area contributed by atoms with Gasteiger partial charge >= 0.3 is 5.69 Å². The lowest BCUT2D eigenvalue weighted by Crippen LogP contribution is -2.87. The minimum Gasteiger partial charge on any atom is -0.496 e. The Morgan fingerprint density at radius 1 is 1.33 bits per heavy atom. The van der Waals surface area contributed by atoms with Crippen LogP contribution in [0.15, 0.2) is 54.9 Å². The second-order valence-corrected chi connectivity index (χ2v) is 7.54. The molecule has 1 aliphatic rings. The van der Waals surface area contributed by atoms with Gasteiger partial charge in [0.1, 0.15) is 18.1 Å². The number of H-pyrrole nitrogens is 1. The molecule has 0 saturated carbocycles. The highest BCUT2D eigenvalue weighted by atomic mass is 16.6. The maximum Gasteiger partial charge on any atom is 0.307 e. The summed E-state index contributed by atoms with van der Waals surface area (Å²) < 4.78 is 7.11. The summed E-state index contributed by atoms with van der Waals surface area (Å²) in [5.74, 6) is 0.740. The van der Waals surface area contributed by atoms with Crippen molar-refractivity contribution in [2.75, 3.05) is 13.7 Å². The van der Waals surface area contributed by atoms with Gasteiger partial charge in [-0.25, -0.2) is 0 Å². The van der Waals surface area contributed by atoms with E-state index in [9.17, 15) is 10.1 Å². The van der Waals surface area contributed by atoms with Crippen LogP contribution in [0.1, 0.15) is 28.4 Å². The summed E-state index contributed by atoms with van der Waals surface area (Å²) in [5.41, 5.74) is 5.88. The fourth-order valence-electron chi connectivity index (χ4n) is 4.39. The lowest BCUT2D eigenvalue weighted by molar-refractivity contribution is -0.690. The van der Waals surface area contributed by atoms with Crippen molar-refractivity contribution < 1.29 is 15.0 Å². The van der Waals surface area contributed by atoms with Crippen LogP contribution < -0.4 is 10.1 Å². The van der Waals surface area contributed by atoms with Crippen LogP contribution in [0.2, 0.25) is 0 Å². The number of nitrogens with one attached hydrogen (secondary N) is 1. The van der Waals surface area contributed by atoms with Crippen LogP contribution >= 0.6 is 0 Å². The molecule has 2 aromatic carbocycles. The summed E-state index contributed by atoms with van der Waals surface area (Å²) >= 11 is 0. The highest BCUT2D eigenvalue weighted by Crippen LogP contribution is 2.32. The van der Waals surface area contributed by atoms with Gasteiger partial charge < -0.3 is 15.0 Å². The van der Waals surface area contributed by atoms with Crippen molar-refractivity contribution in [3.63, 3.8) is 0 Å². The summed E-state index contributed by atoms with van der Waals surface area (Å²) in [6, 6.07) is 14.8. The highest BCUT2D eigenvalue weighted by Gasteiger charge is 2.29. The molecule has 0 bridgehead atoms. The number of hydrogen-bond acceptors (Lipinski definition) is 4. The molecule has 0 fully saturated rings. The first kappa shape index (κ1) is 18.4. The minimum absolute atomic E-state index is 0.0200. The Bertz CT molecular complexity index is 1240. The summed E-state index contributed by atoms with van der Waals surface area (Å²) in [6.07, 6.45) is 3.74. The van der Waals surface area contributed by atoms with Crippen LogP contribution in [0.4, 0.5) is 5.69 Å². The van der Waals surface area contributed by atoms with Gasteiger partial charge in [-0.15, -0.1) is 0 Å².